The van der Waals surface area contributed by atoms with Gasteiger partial charge in [0.15, 0.2) is 0 Å². The lowest BCUT2D eigenvalue weighted by Crippen LogP contribution is -2.32. The molecule has 8 bridgehead atoms. The Kier molecular flexibility index (Phi) is 7.77. The van der Waals surface area contributed by atoms with Crippen molar-refractivity contribution in [1.29, 1.82) is 10.5 Å². The van der Waals surface area contributed by atoms with Crippen LogP contribution >= 0.6 is 0 Å². The molecule has 0 unspecified atom stereocenters. The van der Waals surface area contributed by atoms with Crippen LogP contribution in [0.4, 0.5) is 0 Å². The predicted molar refractivity (Wildman–Crippen MR) is 167 cm³/mol. The van der Waals surface area contributed by atoms with Crippen molar-refractivity contribution in [1.82, 2.24) is 19.9 Å². The van der Waals surface area contributed by atoms with E-state index in [1.807, 2.05) is 103 Å². The van der Waals surface area contributed by atoms with Crippen molar-refractivity contribution in [3.05, 3.63) is 131 Å². The Hall–Kier alpha value is -5.20. The Morgan fingerprint density at radius 1 is 0.512 bits per heavy atom. The first kappa shape index (κ1) is 27.9. The minimum absolute atomic E-state index is 0.396. The number of rotatable bonds is 7. The van der Waals surface area contributed by atoms with Gasteiger partial charge >= 0.3 is 0 Å². The highest BCUT2D eigenvalue weighted by Gasteiger charge is 2.40. The minimum Gasteiger partial charge on any atom is -0.249 e. The van der Waals surface area contributed by atoms with Crippen LogP contribution in [-0.4, -0.2) is 19.9 Å². The van der Waals surface area contributed by atoms with Crippen molar-refractivity contribution in [2.75, 3.05) is 0 Å². The molecule has 1 aliphatic heterocycles. The highest BCUT2D eigenvalue weighted by molar-refractivity contribution is 5.60. The number of pyridine rings is 4. The van der Waals surface area contributed by atoms with Crippen LogP contribution in [0.15, 0.2) is 103 Å². The molecule has 6 nitrogen and oxygen atoms in total. The molecule has 4 aromatic heterocycles. The second-order valence-electron chi connectivity index (χ2n) is 11.1. The third-order valence-electron chi connectivity index (χ3n) is 8.37. The lowest BCUT2D eigenvalue weighted by molar-refractivity contribution is 0.509. The topological polar surface area (TPSA) is 99.1 Å². The molecule has 6 heteroatoms. The van der Waals surface area contributed by atoms with E-state index in [4.69, 9.17) is 19.9 Å². The zero-order chi connectivity index (χ0) is 29.7. The highest BCUT2D eigenvalue weighted by atomic mass is 14.9. The van der Waals surface area contributed by atoms with Gasteiger partial charge in [0.05, 0.1) is 57.7 Å². The van der Waals surface area contributed by atoms with E-state index in [0.717, 1.165) is 31.2 Å². The van der Waals surface area contributed by atoms with Crippen LogP contribution in [0.5, 0.6) is 0 Å². The number of aromatic nitrogens is 4. The molecule has 6 rings (SSSR count). The number of fused-ring (bicyclic) bond motifs is 10. The van der Waals surface area contributed by atoms with Crippen LogP contribution in [0.3, 0.4) is 0 Å². The Morgan fingerprint density at radius 3 is 1.37 bits per heavy atom. The second kappa shape index (κ2) is 12.0. The summed E-state index contributed by atoms with van der Waals surface area (Å²) in [4.78, 5) is 20.3. The normalized spacial score (nSPS) is 18.6. The fourth-order valence-electron chi connectivity index (χ4n) is 6.00. The molecule has 210 valence electrons. The third-order valence-corrected chi connectivity index (χ3v) is 8.37. The van der Waals surface area contributed by atoms with Crippen LogP contribution in [0.1, 0.15) is 67.4 Å². The van der Waals surface area contributed by atoms with Crippen molar-refractivity contribution >= 4 is 0 Å². The van der Waals surface area contributed by atoms with Gasteiger partial charge in [-0.3, -0.25) is 0 Å². The van der Waals surface area contributed by atoms with Gasteiger partial charge in [0.2, 0.25) is 0 Å². The van der Waals surface area contributed by atoms with Crippen molar-refractivity contribution in [2.24, 2.45) is 0 Å². The monoisotopic (exact) mass is 560 g/mol. The molecule has 1 aliphatic rings. The van der Waals surface area contributed by atoms with Gasteiger partial charge < -0.3 is 0 Å². The molecule has 0 spiro atoms. The summed E-state index contributed by atoms with van der Waals surface area (Å²) < 4.78 is 0. The SMILES string of the molecule is CCCCCCC1(C#N)c2cccc(n2)-c2cccc(n2)C(C#N)(Cc2ccccc2)c2cccc(n2)-c2cccc1n2. The third kappa shape index (κ3) is 5.17. The average Bonchev–Trinajstić information content (AvgIpc) is 3.08. The zero-order valence-electron chi connectivity index (χ0n) is 24.2. The molecule has 0 fully saturated rings. The van der Waals surface area contributed by atoms with E-state index in [2.05, 4.69) is 19.1 Å². The van der Waals surface area contributed by atoms with Crippen molar-refractivity contribution in [2.45, 2.75) is 56.3 Å². The molecule has 5 heterocycles. The van der Waals surface area contributed by atoms with E-state index in [0.29, 0.717) is 58.4 Å². The van der Waals surface area contributed by atoms with Gasteiger partial charge in [-0.1, -0.05) is 87.2 Å². The van der Waals surface area contributed by atoms with Gasteiger partial charge in [-0.15, -0.1) is 0 Å². The summed E-state index contributed by atoms with van der Waals surface area (Å²) in [5, 5.41) is 21.8. The van der Waals surface area contributed by atoms with Crippen molar-refractivity contribution in [3.63, 3.8) is 0 Å². The molecular weight excluding hydrogens is 528 g/mol. The summed E-state index contributed by atoms with van der Waals surface area (Å²) in [5.41, 5.74) is 3.86. The lowest BCUT2D eigenvalue weighted by atomic mass is 9.76. The van der Waals surface area contributed by atoms with Gasteiger partial charge in [-0.05, 0) is 60.5 Å². The summed E-state index contributed by atoms with van der Waals surface area (Å²) in [6.45, 7) is 2.18. The molecule has 0 aliphatic carbocycles. The molecular formula is C37H32N6. The Bertz CT molecular complexity index is 1740. The molecule has 0 saturated carbocycles. The highest BCUT2D eigenvalue weighted by Crippen LogP contribution is 2.39. The maximum atomic E-state index is 10.9. The maximum Gasteiger partial charge on any atom is 0.145 e. The maximum absolute atomic E-state index is 10.9. The molecule has 0 amide bonds. The van der Waals surface area contributed by atoms with E-state index in [1.54, 1.807) is 0 Å². The number of nitriles is 2. The standard InChI is InChI=1S/C37H32N6/c1-2-3-4-8-23-36(25-38)32-19-9-15-28(40-32)30-17-11-21-34(42-30)37(26-39,24-27-13-6-5-7-14-27)35-22-12-18-31(43-35)29-16-10-20-33(36)41-29/h5-7,9-22H,2-4,8,23-24H2,1H3. The predicted octanol–water partition coefficient (Wildman–Crippen LogP) is 7.75. The largest absolute Gasteiger partial charge is 0.249 e. The first-order valence-corrected chi connectivity index (χ1v) is 14.9. The summed E-state index contributed by atoms with van der Waals surface area (Å²) in [5.74, 6) is 0. The average molecular weight is 561 g/mol. The summed E-state index contributed by atoms with van der Waals surface area (Å²) in [7, 11) is 0. The molecule has 0 atom stereocenters. The second-order valence-corrected chi connectivity index (χ2v) is 11.1. The van der Waals surface area contributed by atoms with Crippen LogP contribution in [0.25, 0.3) is 22.8 Å². The van der Waals surface area contributed by atoms with E-state index in [-0.39, 0.29) is 0 Å². The van der Waals surface area contributed by atoms with Crippen LogP contribution in [-0.2, 0) is 17.3 Å². The Labute approximate surface area is 252 Å². The Morgan fingerprint density at radius 2 is 0.953 bits per heavy atom. The molecule has 0 saturated heterocycles. The van der Waals surface area contributed by atoms with Gasteiger partial charge in [0.1, 0.15) is 10.8 Å². The van der Waals surface area contributed by atoms with Gasteiger partial charge in [0, 0.05) is 6.42 Å². The van der Waals surface area contributed by atoms with Crippen LogP contribution in [0.2, 0.25) is 0 Å². The lowest BCUT2D eigenvalue weighted by Gasteiger charge is -2.28. The van der Waals surface area contributed by atoms with Gasteiger partial charge in [-0.25, -0.2) is 19.9 Å². The molecule has 5 aromatic rings. The number of hydrogen-bond donors (Lipinski definition) is 0. The fraction of sp³-hybridized carbons (Fsp3) is 0.243. The molecule has 0 N–H and O–H groups in total. The van der Waals surface area contributed by atoms with E-state index in [1.165, 1.54) is 0 Å². The minimum atomic E-state index is -1.16. The number of hydrogen-bond acceptors (Lipinski definition) is 6. The van der Waals surface area contributed by atoms with Crippen molar-refractivity contribution in [3.8, 4) is 34.9 Å². The summed E-state index contributed by atoms with van der Waals surface area (Å²) in [6, 6.07) is 38.2. The zero-order valence-corrected chi connectivity index (χ0v) is 24.2. The number of nitrogens with zero attached hydrogens (tertiary/aromatic N) is 6. The van der Waals surface area contributed by atoms with Gasteiger partial charge in [0.25, 0.3) is 0 Å². The molecule has 0 radical (unpaired) electrons. The van der Waals surface area contributed by atoms with E-state index >= 15 is 0 Å². The molecule has 1 aromatic carbocycles. The number of unbranched alkanes of at least 4 members (excludes halogenated alkanes) is 3. The molecule has 43 heavy (non-hydrogen) atoms. The smallest absolute Gasteiger partial charge is 0.145 e. The number of benzene rings is 1. The van der Waals surface area contributed by atoms with Crippen LogP contribution in [0, 0.1) is 22.7 Å². The quantitative estimate of drug-likeness (QED) is 0.189. The van der Waals surface area contributed by atoms with E-state index < -0.39 is 10.8 Å². The first-order chi connectivity index (χ1) is 21.1. The van der Waals surface area contributed by atoms with Gasteiger partial charge in [-0.2, -0.15) is 10.5 Å². The Balaban J connectivity index is 1.63. The van der Waals surface area contributed by atoms with Crippen LogP contribution < -0.4 is 0 Å². The summed E-state index contributed by atoms with van der Waals surface area (Å²) >= 11 is 0. The summed E-state index contributed by atoms with van der Waals surface area (Å²) in [6.07, 6.45) is 5.13. The first-order valence-electron chi connectivity index (χ1n) is 14.9. The van der Waals surface area contributed by atoms with E-state index in [9.17, 15) is 10.5 Å². The van der Waals surface area contributed by atoms with Crippen molar-refractivity contribution < 1.29 is 0 Å². The fourth-order valence-corrected chi connectivity index (χ4v) is 6.00.